The molecule has 3 rings (SSSR count). The number of ether oxygens (including phenoxy) is 1. The van der Waals surface area contributed by atoms with Crippen molar-refractivity contribution >= 4 is 23.4 Å². The monoisotopic (exact) mass is 329 g/mol. The highest BCUT2D eigenvalue weighted by atomic mass is 19.1. The van der Waals surface area contributed by atoms with Crippen molar-refractivity contribution in [3.05, 3.63) is 54.1 Å². The van der Waals surface area contributed by atoms with Gasteiger partial charge in [-0.2, -0.15) is 0 Å². The molecule has 7 heteroatoms. The average Bonchev–Trinajstić information content (AvgIpc) is 2.98. The number of aromatic nitrogens is 1. The molecule has 1 atom stereocenters. The molecular formula is C17H16FN3O3. The van der Waals surface area contributed by atoms with Crippen LogP contribution in [0.5, 0.6) is 0 Å². The molecule has 1 N–H and O–H groups in total. The van der Waals surface area contributed by atoms with Gasteiger partial charge >= 0.3 is 6.09 Å². The second kappa shape index (κ2) is 6.66. The minimum atomic E-state index is -0.627. The number of hydrogen-bond acceptors (Lipinski definition) is 4. The summed E-state index contributed by atoms with van der Waals surface area (Å²) in [5.74, 6) is -1.08. The molecule has 1 aromatic heterocycles. The number of nitrogens with one attached hydrogen (secondary N) is 1. The molecule has 6 nitrogen and oxygen atoms in total. The Hall–Kier alpha value is -2.96. The van der Waals surface area contributed by atoms with Gasteiger partial charge in [0.1, 0.15) is 11.9 Å². The molecule has 0 saturated carbocycles. The third-order valence-electron chi connectivity index (χ3n) is 3.77. The normalized spacial score (nSPS) is 16.8. The second-order valence-electron chi connectivity index (χ2n) is 5.38. The van der Waals surface area contributed by atoms with Crippen LogP contribution < -0.4 is 10.2 Å². The lowest BCUT2D eigenvalue weighted by Crippen LogP contribution is -2.24. The predicted octanol–water partition coefficient (Wildman–Crippen LogP) is 3.21. The molecule has 0 bridgehead atoms. The maximum absolute atomic E-state index is 14.3. The molecule has 0 radical (unpaired) electrons. The predicted molar refractivity (Wildman–Crippen MR) is 86.5 cm³/mol. The van der Waals surface area contributed by atoms with E-state index in [1.165, 1.54) is 23.2 Å². The molecule has 0 unspecified atom stereocenters. The summed E-state index contributed by atoms with van der Waals surface area (Å²) < 4.78 is 19.4. The number of cyclic esters (lactones) is 1. The Bertz CT molecular complexity index is 767. The smallest absolute Gasteiger partial charge is 0.414 e. The molecule has 124 valence electrons. The molecule has 0 spiro atoms. The highest BCUT2D eigenvalue weighted by Gasteiger charge is 2.31. The van der Waals surface area contributed by atoms with E-state index < -0.39 is 17.8 Å². The fourth-order valence-corrected chi connectivity index (χ4v) is 2.41. The summed E-state index contributed by atoms with van der Waals surface area (Å²) in [6.07, 6.45) is 2.96. The minimum absolute atomic E-state index is 0.0345. The molecule has 1 aliphatic heterocycles. The number of anilines is 2. The lowest BCUT2D eigenvalue weighted by Gasteiger charge is -2.14. The number of hydrogen-bond donors (Lipinski definition) is 1. The van der Waals surface area contributed by atoms with Gasteiger partial charge in [-0.25, -0.2) is 9.18 Å². The zero-order chi connectivity index (χ0) is 17.1. The van der Waals surface area contributed by atoms with Crippen LogP contribution >= 0.6 is 0 Å². The molecule has 1 aromatic carbocycles. The Labute approximate surface area is 138 Å². The Kier molecular flexibility index (Phi) is 4.41. The standard InChI is InChI=1S/C17H16FN3O3/c1-2-13-10-21(17(23)24-13)12-5-6-15(14(18)8-12)20-16(22)11-4-3-7-19-9-11/h3-9,13H,2,10H2,1H3,(H,20,22)/t13-/m0/s1. The van der Waals surface area contributed by atoms with E-state index >= 15 is 0 Å². The van der Waals surface area contributed by atoms with Crippen molar-refractivity contribution in [2.45, 2.75) is 19.4 Å². The zero-order valence-electron chi connectivity index (χ0n) is 13.0. The number of amides is 2. The van der Waals surface area contributed by atoms with E-state index in [4.69, 9.17) is 4.74 Å². The highest BCUT2D eigenvalue weighted by molar-refractivity contribution is 6.04. The van der Waals surface area contributed by atoms with E-state index in [-0.39, 0.29) is 11.8 Å². The summed E-state index contributed by atoms with van der Waals surface area (Å²) >= 11 is 0. The Morgan fingerprint density at radius 2 is 2.29 bits per heavy atom. The van der Waals surface area contributed by atoms with Crippen molar-refractivity contribution in [3.8, 4) is 0 Å². The molecular weight excluding hydrogens is 313 g/mol. The van der Waals surface area contributed by atoms with Crippen molar-refractivity contribution < 1.29 is 18.7 Å². The molecule has 2 heterocycles. The quantitative estimate of drug-likeness (QED) is 0.935. The van der Waals surface area contributed by atoms with Crippen LogP contribution in [-0.4, -0.2) is 29.6 Å². The Balaban J connectivity index is 1.76. The van der Waals surface area contributed by atoms with Crippen LogP contribution in [0.3, 0.4) is 0 Å². The van der Waals surface area contributed by atoms with E-state index in [0.29, 0.717) is 24.2 Å². The van der Waals surface area contributed by atoms with E-state index in [9.17, 15) is 14.0 Å². The SMILES string of the molecule is CC[C@H]1CN(c2ccc(NC(=O)c3cccnc3)c(F)c2)C(=O)O1. The Morgan fingerprint density at radius 1 is 1.46 bits per heavy atom. The molecule has 1 saturated heterocycles. The number of halogens is 1. The number of rotatable bonds is 4. The summed E-state index contributed by atoms with van der Waals surface area (Å²) in [6, 6.07) is 7.40. The van der Waals surface area contributed by atoms with Crippen LogP contribution in [0.1, 0.15) is 23.7 Å². The van der Waals surface area contributed by atoms with Gasteiger partial charge in [0.2, 0.25) is 0 Å². The maximum atomic E-state index is 14.3. The van der Waals surface area contributed by atoms with Crippen molar-refractivity contribution in [3.63, 3.8) is 0 Å². The van der Waals surface area contributed by atoms with Crippen LogP contribution in [0.25, 0.3) is 0 Å². The van der Waals surface area contributed by atoms with Crippen LogP contribution in [0, 0.1) is 5.82 Å². The summed E-state index contributed by atoms with van der Waals surface area (Å²) in [6.45, 7) is 2.30. The highest BCUT2D eigenvalue weighted by Crippen LogP contribution is 2.26. The summed E-state index contributed by atoms with van der Waals surface area (Å²) in [4.78, 5) is 29.1. The summed E-state index contributed by atoms with van der Waals surface area (Å²) in [5, 5.41) is 2.49. The summed E-state index contributed by atoms with van der Waals surface area (Å²) in [5.41, 5.74) is 0.759. The van der Waals surface area contributed by atoms with Gasteiger partial charge in [-0.05, 0) is 36.8 Å². The molecule has 2 amide bonds. The topological polar surface area (TPSA) is 71.5 Å². The van der Waals surface area contributed by atoms with Gasteiger partial charge in [0, 0.05) is 12.4 Å². The first-order valence-corrected chi connectivity index (χ1v) is 7.57. The van der Waals surface area contributed by atoms with Crippen LogP contribution in [0.15, 0.2) is 42.7 Å². The van der Waals surface area contributed by atoms with Crippen molar-refractivity contribution in [1.29, 1.82) is 0 Å². The van der Waals surface area contributed by atoms with Gasteiger partial charge in [-0.1, -0.05) is 6.92 Å². The number of benzene rings is 1. The van der Waals surface area contributed by atoms with Crippen molar-refractivity contribution in [2.75, 3.05) is 16.8 Å². The number of nitrogens with zero attached hydrogens (tertiary/aromatic N) is 2. The first-order valence-electron chi connectivity index (χ1n) is 7.57. The third kappa shape index (κ3) is 3.19. The van der Waals surface area contributed by atoms with Gasteiger partial charge < -0.3 is 10.1 Å². The van der Waals surface area contributed by atoms with Gasteiger partial charge in [0.15, 0.2) is 0 Å². The maximum Gasteiger partial charge on any atom is 0.414 e. The lowest BCUT2D eigenvalue weighted by atomic mass is 10.2. The van der Waals surface area contributed by atoms with Crippen molar-refractivity contribution in [1.82, 2.24) is 4.98 Å². The molecule has 2 aromatic rings. The number of carbonyl (C=O) groups is 2. The molecule has 0 aliphatic carbocycles. The van der Waals surface area contributed by atoms with E-state index in [0.717, 1.165) is 0 Å². The molecule has 1 fully saturated rings. The van der Waals surface area contributed by atoms with Gasteiger partial charge in [-0.15, -0.1) is 0 Å². The average molecular weight is 329 g/mol. The molecule has 24 heavy (non-hydrogen) atoms. The van der Waals surface area contributed by atoms with Gasteiger partial charge in [-0.3, -0.25) is 14.7 Å². The van der Waals surface area contributed by atoms with Gasteiger partial charge in [0.05, 0.1) is 23.5 Å². The number of carbonyl (C=O) groups excluding carboxylic acids is 2. The van der Waals surface area contributed by atoms with Gasteiger partial charge in [0.25, 0.3) is 5.91 Å². The second-order valence-corrected chi connectivity index (χ2v) is 5.38. The largest absolute Gasteiger partial charge is 0.444 e. The zero-order valence-corrected chi connectivity index (χ0v) is 13.0. The van der Waals surface area contributed by atoms with E-state index in [2.05, 4.69) is 10.3 Å². The first kappa shape index (κ1) is 15.9. The fourth-order valence-electron chi connectivity index (χ4n) is 2.41. The van der Waals surface area contributed by atoms with Crippen LogP contribution in [0.4, 0.5) is 20.6 Å². The first-order chi connectivity index (χ1) is 11.6. The van der Waals surface area contributed by atoms with Crippen molar-refractivity contribution in [2.24, 2.45) is 0 Å². The fraction of sp³-hybridized carbons (Fsp3) is 0.235. The van der Waals surface area contributed by atoms with E-state index in [1.54, 1.807) is 24.4 Å². The van der Waals surface area contributed by atoms with Crippen LogP contribution in [-0.2, 0) is 4.74 Å². The molecule has 1 aliphatic rings. The minimum Gasteiger partial charge on any atom is -0.444 e. The number of pyridine rings is 1. The third-order valence-corrected chi connectivity index (χ3v) is 3.77. The Morgan fingerprint density at radius 3 is 2.92 bits per heavy atom. The summed E-state index contributed by atoms with van der Waals surface area (Å²) in [7, 11) is 0. The lowest BCUT2D eigenvalue weighted by molar-refractivity contribution is 0.102. The van der Waals surface area contributed by atoms with E-state index in [1.807, 2.05) is 6.92 Å². The van der Waals surface area contributed by atoms with Crippen LogP contribution in [0.2, 0.25) is 0 Å².